The fourth-order valence-corrected chi connectivity index (χ4v) is 4.42. The molecular weight excluding hydrogens is 334 g/mol. The van der Waals surface area contributed by atoms with Gasteiger partial charge < -0.3 is 10.1 Å². The van der Waals surface area contributed by atoms with Gasteiger partial charge in [0.25, 0.3) is 5.91 Å². The summed E-state index contributed by atoms with van der Waals surface area (Å²) < 4.78 is 6.16. The Hall–Kier alpha value is -1.76. The topological polar surface area (TPSA) is 54.5 Å². The van der Waals surface area contributed by atoms with Crippen molar-refractivity contribution < 1.29 is 9.53 Å². The lowest BCUT2D eigenvalue weighted by Gasteiger charge is -2.38. The minimum atomic E-state index is -0.0615. The number of ether oxygens (including phenoxy) is 1. The molecule has 2 fully saturated rings. The van der Waals surface area contributed by atoms with Gasteiger partial charge in [-0.2, -0.15) is 0 Å². The maximum absolute atomic E-state index is 12.2. The zero-order valence-corrected chi connectivity index (χ0v) is 15.0. The van der Waals surface area contributed by atoms with Crippen LogP contribution in [-0.4, -0.2) is 47.1 Å². The summed E-state index contributed by atoms with van der Waals surface area (Å²) in [7, 11) is 0. The Morgan fingerprint density at radius 3 is 2.92 bits per heavy atom. The Bertz CT molecular complexity index is 697. The van der Waals surface area contributed by atoms with Crippen molar-refractivity contribution in [1.82, 2.24) is 15.2 Å². The number of aromatic nitrogens is 1. The summed E-state index contributed by atoms with van der Waals surface area (Å²) >= 11 is 1.48. The van der Waals surface area contributed by atoms with E-state index < -0.39 is 0 Å². The Labute approximate surface area is 152 Å². The average molecular weight is 357 g/mol. The molecule has 1 N–H and O–H groups in total. The molecule has 0 bridgehead atoms. The van der Waals surface area contributed by atoms with E-state index in [1.807, 2.05) is 35.8 Å². The minimum absolute atomic E-state index is 0.0215. The van der Waals surface area contributed by atoms with Gasteiger partial charge in [0.1, 0.15) is 0 Å². The zero-order valence-electron chi connectivity index (χ0n) is 14.2. The number of pyridine rings is 1. The van der Waals surface area contributed by atoms with Crippen LogP contribution in [0.2, 0.25) is 0 Å². The number of nitrogens with zero attached hydrogens (tertiary/aromatic N) is 2. The SMILES string of the molecule is O=C(NC1COC2(CCN(Cc3ccccn3)CC2)C1)c1cccs1. The summed E-state index contributed by atoms with van der Waals surface area (Å²) in [6.45, 7) is 3.55. The van der Waals surface area contributed by atoms with Gasteiger partial charge in [0.2, 0.25) is 0 Å². The number of hydrogen-bond donors (Lipinski definition) is 1. The van der Waals surface area contributed by atoms with Crippen LogP contribution in [0.15, 0.2) is 41.9 Å². The first-order valence-corrected chi connectivity index (χ1v) is 9.71. The van der Waals surface area contributed by atoms with Gasteiger partial charge in [0.15, 0.2) is 0 Å². The maximum atomic E-state index is 12.2. The summed E-state index contributed by atoms with van der Waals surface area (Å²) in [6, 6.07) is 9.95. The standard InChI is InChI=1S/C19H23N3O2S/c23-18(17-5-3-11-25-17)21-16-12-19(24-14-16)6-9-22(10-7-19)13-15-4-1-2-8-20-15/h1-5,8,11,16H,6-7,9-10,12-14H2,(H,21,23). The lowest BCUT2D eigenvalue weighted by Crippen LogP contribution is -2.44. The second-order valence-corrected chi connectivity index (χ2v) is 7.89. The monoisotopic (exact) mass is 357 g/mol. The fraction of sp³-hybridized carbons (Fsp3) is 0.474. The van der Waals surface area contributed by atoms with E-state index in [9.17, 15) is 4.79 Å². The number of carbonyl (C=O) groups excluding carboxylic acids is 1. The van der Waals surface area contributed by atoms with Gasteiger partial charge in [-0.1, -0.05) is 12.1 Å². The first kappa shape index (κ1) is 16.7. The Kier molecular flexibility index (Phi) is 4.83. The number of nitrogens with one attached hydrogen (secondary N) is 1. The second kappa shape index (κ2) is 7.23. The fourth-order valence-electron chi connectivity index (χ4n) is 3.79. The number of piperidine rings is 1. The third-order valence-corrected chi connectivity index (χ3v) is 6.04. The predicted octanol–water partition coefficient (Wildman–Crippen LogP) is 2.70. The molecule has 1 unspecified atom stereocenters. The number of hydrogen-bond acceptors (Lipinski definition) is 5. The van der Waals surface area contributed by atoms with Crippen LogP contribution < -0.4 is 5.32 Å². The van der Waals surface area contributed by atoms with Crippen LogP contribution in [0.3, 0.4) is 0 Å². The molecule has 2 aliphatic rings. The van der Waals surface area contributed by atoms with Gasteiger partial charge in [-0.15, -0.1) is 11.3 Å². The van der Waals surface area contributed by atoms with Gasteiger partial charge in [-0.25, -0.2) is 0 Å². The van der Waals surface area contributed by atoms with Crippen molar-refractivity contribution in [3.63, 3.8) is 0 Å². The molecule has 0 aliphatic carbocycles. The lowest BCUT2D eigenvalue weighted by atomic mass is 9.87. The highest BCUT2D eigenvalue weighted by atomic mass is 32.1. The van der Waals surface area contributed by atoms with E-state index >= 15 is 0 Å². The molecule has 4 heterocycles. The first-order chi connectivity index (χ1) is 12.2. The lowest BCUT2D eigenvalue weighted by molar-refractivity contribution is -0.0451. The maximum Gasteiger partial charge on any atom is 0.261 e. The highest BCUT2D eigenvalue weighted by Crippen LogP contribution is 2.36. The van der Waals surface area contributed by atoms with Crippen LogP contribution in [0, 0.1) is 0 Å². The van der Waals surface area contributed by atoms with Crippen LogP contribution in [0.5, 0.6) is 0 Å². The Balaban J connectivity index is 1.28. The van der Waals surface area contributed by atoms with Crippen molar-refractivity contribution in [2.24, 2.45) is 0 Å². The van der Waals surface area contributed by atoms with Gasteiger partial charge in [-0.3, -0.25) is 14.7 Å². The van der Waals surface area contributed by atoms with Gasteiger partial charge in [0.05, 0.1) is 28.8 Å². The van der Waals surface area contributed by atoms with E-state index in [4.69, 9.17) is 4.74 Å². The van der Waals surface area contributed by atoms with E-state index in [1.54, 1.807) is 0 Å². The van der Waals surface area contributed by atoms with Crippen molar-refractivity contribution >= 4 is 17.2 Å². The van der Waals surface area contributed by atoms with E-state index in [-0.39, 0.29) is 17.6 Å². The molecule has 6 heteroatoms. The summed E-state index contributed by atoms with van der Waals surface area (Å²) in [5, 5.41) is 5.06. The van der Waals surface area contributed by atoms with Crippen molar-refractivity contribution in [1.29, 1.82) is 0 Å². The van der Waals surface area contributed by atoms with E-state index in [2.05, 4.69) is 21.3 Å². The van der Waals surface area contributed by atoms with Crippen LogP contribution in [-0.2, 0) is 11.3 Å². The molecule has 4 rings (SSSR count). The zero-order chi connectivity index (χ0) is 17.1. The molecular formula is C19H23N3O2S. The number of carbonyl (C=O) groups is 1. The average Bonchev–Trinajstić information content (AvgIpc) is 3.29. The van der Waals surface area contributed by atoms with E-state index in [1.165, 1.54) is 11.3 Å². The molecule has 0 aromatic carbocycles. The smallest absolute Gasteiger partial charge is 0.261 e. The number of likely N-dealkylation sites (tertiary alicyclic amines) is 1. The summed E-state index contributed by atoms with van der Waals surface area (Å²) in [6.07, 6.45) is 4.81. The largest absolute Gasteiger partial charge is 0.373 e. The molecule has 2 aromatic rings. The molecule has 1 atom stereocenters. The number of rotatable bonds is 4. The molecule has 0 radical (unpaired) electrons. The number of thiophene rings is 1. The van der Waals surface area contributed by atoms with Crippen LogP contribution >= 0.6 is 11.3 Å². The summed E-state index contributed by atoms with van der Waals surface area (Å²) in [5.41, 5.74) is 1.06. The molecule has 25 heavy (non-hydrogen) atoms. The number of amides is 1. The first-order valence-electron chi connectivity index (χ1n) is 8.83. The molecule has 2 aromatic heterocycles. The molecule has 132 valence electrons. The molecule has 2 saturated heterocycles. The normalized spacial score (nSPS) is 23.0. The molecule has 0 saturated carbocycles. The van der Waals surface area contributed by atoms with Crippen molar-refractivity contribution in [3.05, 3.63) is 52.5 Å². The molecule has 1 spiro atoms. The van der Waals surface area contributed by atoms with Gasteiger partial charge >= 0.3 is 0 Å². The van der Waals surface area contributed by atoms with E-state index in [0.29, 0.717) is 6.61 Å². The predicted molar refractivity (Wildman–Crippen MR) is 97.6 cm³/mol. The Morgan fingerprint density at radius 2 is 2.20 bits per heavy atom. The second-order valence-electron chi connectivity index (χ2n) is 6.94. The third kappa shape index (κ3) is 3.92. The third-order valence-electron chi connectivity index (χ3n) is 5.17. The quantitative estimate of drug-likeness (QED) is 0.914. The summed E-state index contributed by atoms with van der Waals surface area (Å²) in [4.78, 5) is 19.8. The van der Waals surface area contributed by atoms with Gasteiger partial charge in [-0.05, 0) is 42.8 Å². The molecule has 5 nitrogen and oxygen atoms in total. The molecule has 1 amide bonds. The van der Waals surface area contributed by atoms with Crippen molar-refractivity contribution in [3.8, 4) is 0 Å². The van der Waals surface area contributed by atoms with Crippen molar-refractivity contribution in [2.45, 2.75) is 37.5 Å². The van der Waals surface area contributed by atoms with E-state index in [0.717, 1.165) is 49.5 Å². The minimum Gasteiger partial charge on any atom is -0.373 e. The van der Waals surface area contributed by atoms with Crippen LogP contribution in [0.1, 0.15) is 34.6 Å². The summed E-state index contributed by atoms with van der Waals surface area (Å²) in [5.74, 6) is 0.0215. The highest BCUT2D eigenvalue weighted by Gasteiger charge is 2.43. The van der Waals surface area contributed by atoms with Gasteiger partial charge in [0, 0.05) is 25.8 Å². The Morgan fingerprint density at radius 1 is 1.32 bits per heavy atom. The van der Waals surface area contributed by atoms with Crippen molar-refractivity contribution in [2.75, 3.05) is 19.7 Å². The molecule has 2 aliphatic heterocycles. The highest BCUT2D eigenvalue weighted by molar-refractivity contribution is 7.12. The van der Waals surface area contributed by atoms with Crippen LogP contribution in [0.25, 0.3) is 0 Å². The van der Waals surface area contributed by atoms with Crippen LogP contribution in [0.4, 0.5) is 0 Å².